The van der Waals surface area contributed by atoms with E-state index >= 15 is 0 Å². The number of benzene rings is 2. The number of hydrogen-bond donors (Lipinski definition) is 6. The molecule has 1 amide bonds. The second-order valence-electron chi connectivity index (χ2n) is 14.9. The summed E-state index contributed by atoms with van der Waals surface area (Å²) in [5, 5.41) is 50.7. The van der Waals surface area contributed by atoms with Gasteiger partial charge in [-0.05, 0) is 65.7 Å². The maximum atomic E-state index is 14.5. The number of nitrogens with two attached hydrogens (primary N) is 1. The summed E-state index contributed by atoms with van der Waals surface area (Å²) in [5.41, 5.74) is 4.22. The number of hydrogen-bond acceptors (Lipinski definition) is 8. The van der Waals surface area contributed by atoms with Crippen LogP contribution in [-0.4, -0.2) is 62.3 Å². The Morgan fingerprint density at radius 1 is 1.09 bits per heavy atom. The number of primary amides is 1. The number of nitrogens with one attached hydrogen (secondary N) is 1. The van der Waals surface area contributed by atoms with Crippen LogP contribution in [0.25, 0.3) is 0 Å². The summed E-state index contributed by atoms with van der Waals surface area (Å²) in [6.07, 6.45) is -2.11. The summed E-state index contributed by atoms with van der Waals surface area (Å²) in [6, 6.07) is 12.0. The van der Waals surface area contributed by atoms with Crippen molar-refractivity contribution in [1.82, 2.24) is 5.32 Å². The van der Waals surface area contributed by atoms with E-state index in [1.807, 2.05) is 71.0 Å². The molecule has 5 rings (SSSR count). The summed E-state index contributed by atoms with van der Waals surface area (Å²) in [6.45, 7) is 12.2. The molecule has 0 radical (unpaired) electrons. The Morgan fingerprint density at radius 3 is 2.31 bits per heavy atom. The number of aliphatic hydroxyl groups is 3. The first-order valence-corrected chi connectivity index (χ1v) is 16.1. The van der Waals surface area contributed by atoms with E-state index in [1.54, 1.807) is 6.92 Å². The summed E-state index contributed by atoms with van der Waals surface area (Å²) in [7, 11) is 0. The summed E-state index contributed by atoms with van der Waals surface area (Å²) >= 11 is 0. The number of carbonyl (C=O) groups excluding carboxylic acids is 3. The fourth-order valence-corrected chi connectivity index (χ4v) is 9.44. The Morgan fingerprint density at radius 2 is 1.73 bits per heavy atom. The number of phenols is 1. The molecule has 3 aliphatic rings. The predicted octanol–water partition coefficient (Wildman–Crippen LogP) is 3.03. The van der Waals surface area contributed by atoms with E-state index in [-0.39, 0.29) is 29.6 Å². The summed E-state index contributed by atoms with van der Waals surface area (Å²) in [4.78, 5) is 40.9. The van der Waals surface area contributed by atoms with Gasteiger partial charge in [-0.25, -0.2) is 0 Å². The molecule has 9 nitrogen and oxygen atoms in total. The molecule has 4 unspecified atom stereocenters. The van der Waals surface area contributed by atoms with Crippen molar-refractivity contribution in [3.05, 3.63) is 64.2 Å². The van der Waals surface area contributed by atoms with E-state index in [0.717, 1.165) is 12.0 Å². The second kappa shape index (κ2) is 11.6. The zero-order valence-corrected chi connectivity index (χ0v) is 27.1. The first-order chi connectivity index (χ1) is 21.0. The average molecular weight is 621 g/mol. The summed E-state index contributed by atoms with van der Waals surface area (Å²) in [5.74, 6) is -6.86. The quantitative estimate of drug-likeness (QED) is 0.193. The highest BCUT2D eigenvalue weighted by Crippen LogP contribution is 2.66. The lowest BCUT2D eigenvalue weighted by atomic mass is 9.39. The number of ketones is 2. The highest BCUT2D eigenvalue weighted by Gasteiger charge is 2.76. The van der Waals surface area contributed by atoms with Gasteiger partial charge in [0, 0.05) is 17.5 Å². The smallest absolute Gasteiger partial charge is 0.230 e. The summed E-state index contributed by atoms with van der Waals surface area (Å²) < 4.78 is 0. The fraction of sp³-hybridized carbons (Fsp3) is 0.583. The molecule has 3 aliphatic carbocycles. The van der Waals surface area contributed by atoms with Crippen LogP contribution in [0.3, 0.4) is 0 Å². The van der Waals surface area contributed by atoms with Crippen molar-refractivity contribution in [3.8, 4) is 5.75 Å². The van der Waals surface area contributed by atoms with Crippen molar-refractivity contribution in [3.63, 3.8) is 0 Å². The third-order valence-electron chi connectivity index (χ3n) is 11.3. The molecule has 2 fully saturated rings. The average Bonchev–Trinajstić information content (AvgIpc) is 2.94. The van der Waals surface area contributed by atoms with E-state index in [4.69, 9.17) is 5.73 Å². The van der Waals surface area contributed by atoms with E-state index in [0.29, 0.717) is 30.6 Å². The molecule has 9 heteroatoms. The molecule has 45 heavy (non-hydrogen) atoms. The Bertz CT molecular complexity index is 1510. The molecular formula is C36H48N2O7. The maximum absolute atomic E-state index is 14.5. The zero-order chi connectivity index (χ0) is 33.2. The highest BCUT2D eigenvalue weighted by molar-refractivity contribution is 6.09. The van der Waals surface area contributed by atoms with E-state index in [2.05, 4.69) is 5.32 Å². The lowest BCUT2D eigenvalue weighted by Crippen LogP contribution is -2.79. The van der Waals surface area contributed by atoms with Gasteiger partial charge >= 0.3 is 0 Å². The lowest BCUT2D eigenvalue weighted by Gasteiger charge is -2.66. The molecule has 0 spiro atoms. The Hall–Kier alpha value is -3.11. The van der Waals surface area contributed by atoms with Gasteiger partial charge in [-0.2, -0.15) is 0 Å². The normalized spacial score (nSPS) is 34.4. The largest absolute Gasteiger partial charge is 0.507 e. The number of rotatable bonds is 8. The fourth-order valence-electron chi connectivity index (χ4n) is 9.44. The highest BCUT2D eigenvalue weighted by atomic mass is 16.4. The van der Waals surface area contributed by atoms with Crippen LogP contribution in [0.15, 0.2) is 36.4 Å². The molecule has 0 aromatic heterocycles. The molecule has 2 aromatic carbocycles. The van der Waals surface area contributed by atoms with Gasteiger partial charge in [-0.1, -0.05) is 77.9 Å². The third kappa shape index (κ3) is 4.94. The van der Waals surface area contributed by atoms with E-state index < -0.39 is 63.9 Å². The number of fused-ring (bicyclic) bond motifs is 3. The van der Waals surface area contributed by atoms with Crippen LogP contribution < -0.4 is 11.1 Å². The standard InChI is InChI=1S/C36H48N2O7/c1-18(2)22-14-21(16-38-13-12-20-10-8-7-9-11-20)28(39)24-23(22)15-34(5)17-35(6)26(19(3)4)30(41)25(33(37)44)31(42)36(35,45)32(43)27(34)29(24)40/h7-11,14,18-19,25-27,30,32,38-39,41,43,45H,12-13,15-17H2,1-6H3,(H2,37,44)/t25?,26-,27?,30?,32?,34+,35+,36-/m0/s1. The van der Waals surface area contributed by atoms with Gasteiger partial charge in [0.1, 0.15) is 17.8 Å². The second-order valence-corrected chi connectivity index (χ2v) is 14.9. The van der Waals surface area contributed by atoms with Crippen LogP contribution in [0.1, 0.15) is 86.5 Å². The van der Waals surface area contributed by atoms with Gasteiger partial charge in [0.05, 0.1) is 17.6 Å². The van der Waals surface area contributed by atoms with Gasteiger partial charge in [-0.15, -0.1) is 0 Å². The number of aromatic hydroxyl groups is 1. The van der Waals surface area contributed by atoms with Crippen molar-refractivity contribution in [2.45, 2.75) is 91.1 Å². The van der Waals surface area contributed by atoms with Crippen LogP contribution in [0.4, 0.5) is 0 Å². The minimum Gasteiger partial charge on any atom is -0.507 e. The predicted molar refractivity (Wildman–Crippen MR) is 169 cm³/mol. The van der Waals surface area contributed by atoms with Crippen molar-refractivity contribution in [1.29, 1.82) is 0 Å². The number of carbonyl (C=O) groups is 3. The Balaban J connectivity index is 1.58. The molecule has 0 bridgehead atoms. The van der Waals surface area contributed by atoms with Crippen LogP contribution in [-0.2, 0) is 29.0 Å². The molecular weight excluding hydrogens is 572 g/mol. The molecule has 7 N–H and O–H groups in total. The minimum absolute atomic E-state index is 0.0224. The van der Waals surface area contributed by atoms with Crippen LogP contribution in [0.2, 0.25) is 0 Å². The van der Waals surface area contributed by atoms with Crippen molar-refractivity contribution < 1.29 is 34.8 Å². The number of Topliss-reactive ketones (excluding diaryl/α,β-unsaturated/α-hetero) is 2. The molecule has 0 aliphatic heterocycles. The monoisotopic (exact) mass is 620 g/mol. The van der Waals surface area contributed by atoms with Crippen molar-refractivity contribution in [2.24, 2.45) is 40.2 Å². The minimum atomic E-state index is -2.52. The molecule has 2 saturated carbocycles. The lowest BCUT2D eigenvalue weighted by molar-refractivity contribution is -0.265. The maximum Gasteiger partial charge on any atom is 0.230 e. The number of aliphatic hydroxyl groups excluding tert-OH is 2. The van der Waals surface area contributed by atoms with Crippen molar-refractivity contribution in [2.75, 3.05) is 6.54 Å². The third-order valence-corrected chi connectivity index (χ3v) is 11.3. The number of phenolic OH excluding ortho intramolecular Hbond substituents is 1. The Labute approximate surface area is 265 Å². The van der Waals surface area contributed by atoms with E-state index in [1.165, 1.54) is 5.56 Å². The van der Waals surface area contributed by atoms with Gasteiger partial charge in [0.15, 0.2) is 17.2 Å². The first kappa shape index (κ1) is 33.3. The first-order valence-electron chi connectivity index (χ1n) is 16.1. The SMILES string of the molecule is CC(C)c1cc(CNCCc2ccccc2)c(O)c2c1C[C@]1(C)C[C@]3(C)[C@@H](C(C)C)C(O)C(C(N)=O)C(=O)[C@]3(O)C(O)C1C2=O. The van der Waals surface area contributed by atoms with Crippen LogP contribution in [0.5, 0.6) is 5.75 Å². The molecule has 2 aromatic rings. The van der Waals surface area contributed by atoms with E-state index in [9.17, 15) is 34.8 Å². The van der Waals surface area contributed by atoms with Gasteiger partial charge in [-0.3, -0.25) is 14.4 Å². The van der Waals surface area contributed by atoms with Crippen molar-refractivity contribution >= 4 is 17.5 Å². The molecule has 8 atom stereocenters. The van der Waals surface area contributed by atoms with Gasteiger partial charge < -0.3 is 31.5 Å². The van der Waals surface area contributed by atoms with Gasteiger partial charge in [0.2, 0.25) is 5.91 Å². The molecule has 0 saturated heterocycles. The molecule has 244 valence electrons. The van der Waals surface area contributed by atoms with Crippen LogP contribution in [0, 0.1) is 34.5 Å². The zero-order valence-electron chi connectivity index (χ0n) is 27.1. The topological polar surface area (TPSA) is 170 Å². The molecule has 0 heterocycles. The van der Waals surface area contributed by atoms with Gasteiger partial charge in [0.25, 0.3) is 0 Å². The Kier molecular flexibility index (Phi) is 8.57. The van der Waals surface area contributed by atoms with Crippen LogP contribution >= 0.6 is 0 Å². The number of amides is 1.